The molecule has 25 heavy (non-hydrogen) atoms. The number of ether oxygens (including phenoxy) is 2. The van der Waals surface area contributed by atoms with E-state index in [1.165, 1.54) is 0 Å². The van der Waals surface area contributed by atoms with Crippen LogP contribution < -0.4 is 19.7 Å². The molecule has 4 rings (SSSR count). The van der Waals surface area contributed by atoms with Crippen LogP contribution in [0.1, 0.15) is 12.8 Å². The van der Waals surface area contributed by atoms with Gasteiger partial charge in [0.2, 0.25) is 6.10 Å². The number of carbonyl (C=O) groups excluding carboxylic acids is 1. The van der Waals surface area contributed by atoms with Crippen molar-refractivity contribution in [1.29, 1.82) is 0 Å². The van der Waals surface area contributed by atoms with Gasteiger partial charge in [-0.2, -0.15) is 5.10 Å². The lowest BCUT2D eigenvalue weighted by atomic mass is 10.0. The average Bonchev–Trinajstić information content (AvgIpc) is 3.08. The lowest BCUT2D eigenvalue weighted by Crippen LogP contribution is -2.53. The number of amides is 1. The predicted molar refractivity (Wildman–Crippen MR) is 92.9 cm³/mol. The number of hydrogen-bond donors (Lipinski definition) is 1. The lowest BCUT2D eigenvalue weighted by Gasteiger charge is -2.35. The summed E-state index contributed by atoms with van der Waals surface area (Å²) < 4.78 is 13.2. The summed E-state index contributed by atoms with van der Waals surface area (Å²) in [6, 6.07) is 7.52. The summed E-state index contributed by atoms with van der Waals surface area (Å²) >= 11 is 0. The topological polar surface area (TPSA) is 68.6 Å². The molecule has 0 radical (unpaired) electrons. The number of aromatic nitrogens is 2. The number of para-hydroxylation sites is 2. The smallest absolute Gasteiger partial charge is 0.264 e. The van der Waals surface area contributed by atoms with E-state index in [1.807, 2.05) is 43.7 Å². The maximum atomic E-state index is 12.6. The summed E-state index contributed by atoms with van der Waals surface area (Å²) in [5.74, 6) is 1.19. The zero-order valence-electron chi connectivity index (χ0n) is 14.2. The van der Waals surface area contributed by atoms with Gasteiger partial charge in [0.1, 0.15) is 6.61 Å². The van der Waals surface area contributed by atoms with Crippen molar-refractivity contribution in [2.24, 2.45) is 7.05 Å². The van der Waals surface area contributed by atoms with E-state index >= 15 is 0 Å². The molecule has 1 aromatic heterocycles. The molecule has 2 aromatic rings. The van der Waals surface area contributed by atoms with Gasteiger partial charge in [-0.15, -0.1) is 0 Å². The quantitative estimate of drug-likeness (QED) is 0.912. The van der Waals surface area contributed by atoms with Crippen molar-refractivity contribution >= 4 is 11.6 Å². The predicted octanol–water partition coefficient (Wildman–Crippen LogP) is 1.35. The van der Waals surface area contributed by atoms with E-state index in [4.69, 9.17) is 9.47 Å². The Morgan fingerprint density at radius 2 is 2.16 bits per heavy atom. The molecule has 2 atom stereocenters. The third-order valence-corrected chi connectivity index (χ3v) is 4.63. The second kappa shape index (κ2) is 6.66. The summed E-state index contributed by atoms with van der Waals surface area (Å²) in [7, 11) is 1.91. The highest BCUT2D eigenvalue weighted by atomic mass is 16.6. The fourth-order valence-electron chi connectivity index (χ4n) is 3.34. The molecule has 1 N–H and O–H groups in total. The van der Waals surface area contributed by atoms with Crippen molar-refractivity contribution in [2.75, 3.05) is 24.6 Å². The minimum Gasteiger partial charge on any atom is -0.485 e. The van der Waals surface area contributed by atoms with Crippen LogP contribution in [0, 0.1) is 0 Å². The van der Waals surface area contributed by atoms with Gasteiger partial charge in [0.05, 0.1) is 11.9 Å². The van der Waals surface area contributed by atoms with Gasteiger partial charge in [-0.05, 0) is 25.0 Å². The maximum Gasteiger partial charge on any atom is 0.264 e. The second-order valence-corrected chi connectivity index (χ2v) is 6.53. The first-order valence-electron chi connectivity index (χ1n) is 8.61. The van der Waals surface area contributed by atoms with Crippen molar-refractivity contribution < 1.29 is 14.3 Å². The van der Waals surface area contributed by atoms with Crippen LogP contribution in [0.4, 0.5) is 5.69 Å². The van der Waals surface area contributed by atoms with Gasteiger partial charge in [0, 0.05) is 32.4 Å². The number of fused-ring (bicyclic) bond motifs is 1. The maximum absolute atomic E-state index is 12.6. The number of aryl methyl sites for hydroxylation is 1. The SMILES string of the molecule is Cn1cc(N2CCC[C@@H](NC(=O)[C@@H]3COc4ccccc4O3)C2)cn1. The van der Waals surface area contributed by atoms with Gasteiger partial charge in [-0.1, -0.05) is 12.1 Å². The number of anilines is 1. The minimum atomic E-state index is -0.608. The number of hydrogen-bond acceptors (Lipinski definition) is 5. The number of benzene rings is 1. The molecule has 0 saturated carbocycles. The second-order valence-electron chi connectivity index (χ2n) is 6.53. The summed E-state index contributed by atoms with van der Waals surface area (Å²) in [5, 5.41) is 7.34. The van der Waals surface area contributed by atoms with Crippen LogP contribution in [0.2, 0.25) is 0 Å². The van der Waals surface area contributed by atoms with E-state index < -0.39 is 6.10 Å². The number of piperidine rings is 1. The molecule has 0 spiro atoms. The van der Waals surface area contributed by atoms with Gasteiger partial charge in [0.25, 0.3) is 5.91 Å². The number of nitrogens with one attached hydrogen (secondary N) is 1. The Hall–Kier alpha value is -2.70. The average molecular weight is 342 g/mol. The van der Waals surface area contributed by atoms with Crippen LogP contribution in [-0.4, -0.2) is 47.5 Å². The van der Waals surface area contributed by atoms with E-state index in [1.54, 1.807) is 4.68 Å². The number of nitrogens with zero attached hydrogens (tertiary/aromatic N) is 3. The molecule has 3 heterocycles. The first kappa shape index (κ1) is 15.8. The van der Waals surface area contributed by atoms with Crippen molar-refractivity contribution in [3.05, 3.63) is 36.7 Å². The Bertz CT molecular complexity index is 760. The molecule has 1 fully saturated rings. The highest BCUT2D eigenvalue weighted by molar-refractivity contribution is 5.82. The van der Waals surface area contributed by atoms with Crippen LogP contribution >= 0.6 is 0 Å². The largest absolute Gasteiger partial charge is 0.485 e. The molecule has 1 saturated heterocycles. The fourth-order valence-corrected chi connectivity index (χ4v) is 3.34. The van der Waals surface area contributed by atoms with Gasteiger partial charge >= 0.3 is 0 Å². The summed E-state index contributed by atoms with van der Waals surface area (Å²) in [6.45, 7) is 2.00. The third kappa shape index (κ3) is 3.40. The molecule has 2 aliphatic heterocycles. The molecule has 0 unspecified atom stereocenters. The van der Waals surface area contributed by atoms with Gasteiger partial charge in [-0.25, -0.2) is 0 Å². The molecule has 132 valence electrons. The van der Waals surface area contributed by atoms with Crippen molar-refractivity contribution in [3.63, 3.8) is 0 Å². The molecule has 0 aliphatic carbocycles. The fraction of sp³-hybridized carbons (Fsp3) is 0.444. The Morgan fingerprint density at radius 1 is 1.32 bits per heavy atom. The first-order valence-corrected chi connectivity index (χ1v) is 8.61. The molecular weight excluding hydrogens is 320 g/mol. The monoisotopic (exact) mass is 342 g/mol. The van der Waals surface area contributed by atoms with E-state index in [0.29, 0.717) is 11.5 Å². The highest BCUT2D eigenvalue weighted by Gasteiger charge is 2.30. The van der Waals surface area contributed by atoms with E-state index in [2.05, 4.69) is 15.3 Å². The molecule has 2 aliphatic rings. The standard InChI is InChI=1S/C18H22N4O3/c1-21-11-14(9-19-21)22-8-4-5-13(10-22)20-18(23)17-12-24-15-6-2-3-7-16(15)25-17/h2-3,6-7,9,11,13,17H,4-5,8,10,12H2,1H3,(H,20,23)/t13-,17+/m1/s1. The molecule has 1 aromatic carbocycles. The Morgan fingerprint density at radius 3 is 2.96 bits per heavy atom. The summed E-state index contributed by atoms with van der Waals surface area (Å²) in [6.07, 6.45) is 5.25. The van der Waals surface area contributed by atoms with Crippen LogP contribution in [-0.2, 0) is 11.8 Å². The van der Waals surface area contributed by atoms with E-state index in [-0.39, 0.29) is 18.6 Å². The number of carbonyl (C=O) groups is 1. The van der Waals surface area contributed by atoms with Gasteiger partial charge in [-0.3, -0.25) is 9.48 Å². The van der Waals surface area contributed by atoms with Crippen LogP contribution in [0.5, 0.6) is 11.5 Å². The normalized spacial score (nSPS) is 22.5. The van der Waals surface area contributed by atoms with Crippen molar-refractivity contribution in [2.45, 2.75) is 25.0 Å². The third-order valence-electron chi connectivity index (χ3n) is 4.63. The Labute approximate surface area is 146 Å². The van der Waals surface area contributed by atoms with E-state index in [9.17, 15) is 4.79 Å². The zero-order valence-corrected chi connectivity index (χ0v) is 14.2. The molecule has 1 amide bonds. The van der Waals surface area contributed by atoms with Crippen molar-refractivity contribution in [1.82, 2.24) is 15.1 Å². The minimum absolute atomic E-state index is 0.0993. The number of rotatable bonds is 3. The molecule has 7 heteroatoms. The lowest BCUT2D eigenvalue weighted by molar-refractivity contribution is -0.131. The Balaban J connectivity index is 1.36. The molecule has 0 bridgehead atoms. The summed E-state index contributed by atoms with van der Waals surface area (Å²) in [5.41, 5.74) is 1.09. The van der Waals surface area contributed by atoms with E-state index in [0.717, 1.165) is 31.6 Å². The van der Waals surface area contributed by atoms with Gasteiger partial charge in [0.15, 0.2) is 11.5 Å². The first-order chi connectivity index (χ1) is 12.2. The van der Waals surface area contributed by atoms with Crippen LogP contribution in [0.25, 0.3) is 0 Å². The van der Waals surface area contributed by atoms with Crippen molar-refractivity contribution in [3.8, 4) is 11.5 Å². The van der Waals surface area contributed by atoms with Gasteiger partial charge < -0.3 is 19.7 Å². The molecule has 7 nitrogen and oxygen atoms in total. The summed E-state index contributed by atoms with van der Waals surface area (Å²) in [4.78, 5) is 14.8. The zero-order chi connectivity index (χ0) is 17.2. The van der Waals surface area contributed by atoms with Crippen LogP contribution in [0.15, 0.2) is 36.7 Å². The van der Waals surface area contributed by atoms with Crippen LogP contribution in [0.3, 0.4) is 0 Å². The Kier molecular flexibility index (Phi) is 4.21. The molecular formula is C18H22N4O3. The highest BCUT2D eigenvalue weighted by Crippen LogP contribution is 2.31.